The van der Waals surface area contributed by atoms with Gasteiger partial charge in [0.25, 0.3) is 0 Å². The summed E-state index contributed by atoms with van der Waals surface area (Å²) in [6.07, 6.45) is 0. The number of nitrogens with one attached hydrogen (secondary N) is 1. The first-order chi connectivity index (χ1) is 9.93. The highest BCUT2D eigenvalue weighted by atomic mass is 79.9. The molecule has 0 aliphatic carbocycles. The van der Waals surface area contributed by atoms with Crippen LogP contribution in [0.15, 0.2) is 34.8 Å². The highest BCUT2D eigenvalue weighted by Gasteiger charge is 2.17. The van der Waals surface area contributed by atoms with E-state index in [0.29, 0.717) is 0 Å². The molecule has 0 radical (unpaired) electrons. The Bertz CT molecular complexity index is 655. The normalized spacial score (nSPS) is 12.5. The van der Waals surface area contributed by atoms with Crippen LogP contribution in [0.2, 0.25) is 10.0 Å². The smallest absolute Gasteiger partial charge is 0.0579 e. The van der Waals surface area contributed by atoms with Crippen molar-refractivity contribution in [3.63, 3.8) is 0 Å². The summed E-state index contributed by atoms with van der Waals surface area (Å²) < 4.78 is 0.910. The third-order valence-electron chi connectivity index (χ3n) is 3.54. The van der Waals surface area contributed by atoms with E-state index in [2.05, 4.69) is 53.3 Å². The summed E-state index contributed by atoms with van der Waals surface area (Å²) in [6.45, 7) is 7.12. The van der Waals surface area contributed by atoms with Gasteiger partial charge in [-0.1, -0.05) is 42.3 Å². The molecule has 0 spiro atoms. The predicted octanol–water partition coefficient (Wildman–Crippen LogP) is 6.07. The molecule has 1 nitrogen and oxygen atoms in total. The molecule has 0 aromatic heterocycles. The Kier molecular flexibility index (Phi) is 5.73. The highest BCUT2D eigenvalue weighted by molar-refractivity contribution is 9.10. The lowest BCUT2D eigenvalue weighted by atomic mass is 9.93. The van der Waals surface area contributed by atoms with Gasteiger partial charge in [-0.15, -0.1) is 0 Å². The molecule has 21 heavy (non-hydrogen) atoms. The van der Waals surface area contributed by atoms with E-state index in [9.17, 15) is 0 Å². The maximum Gasteiger partial charge on any atom is 0.0579 e. The van der Waals surface area contributed by atoms with Gasteiger partial charge in [0.1, 0.15) is 0 Å². The second-order valence-electron chi connectivity index (χ2n) is 5.12. The van der Waals surface area contributed by atoms with Crippen LogP contribution in [0.5, 0.6) is 0 Å². The first-order valence-electron chi connectivity index (χ1n) is 6.89. The zero-order valence-electron chi connectivity index (χ0n) is 12.3. The Morgan fingerprint density at radius 2 is 1.76 bits per heavy atom. The summed E-state index contributed by atoms with van der Waals surface area (Å²) in [7, 11) is 0. The van der Waals surface area contributed by atoms with E-state index in [-0.39, 0.29) is 6.04 Å². The van der Waals surface area contributed by atoms with Gasteiger partial charge >= 0.3 is 0 Å². The van der Waals surface area contributed by atoms with Crippen molar-refractivity contribution in [1.82, 2.24) is 5.32 Å². The second kappa shape index (κ2) is 7.15. The maximum absolute atomic E-state index is 6.21. The Labute approximate surface area is 144 Å². The zero-order chi connectivity index (χ0) is 15.6. The summed E-state index contributed by atoms with van der Waals surface area (Å²) in [5.74, 6) is 0. The van der Waals surface area contributed by atoms with Gasteiger partial charge in [-0.2, -0.15) is 0 Å². The average Bonchev–Trinajstić information content (AvgIpc) is 2.44. The molecule has 0 fully saturated rings. The van der Waals surface area contributed by atoms with E-state index in [0.717, 1.165) is 26.6 Å². The monoisotopic (exact) mass is 385 g/mol. The van der Waals surface area contributed by atoms with Crippen LogP contribution in [-0.4, -0.2) is 6.54 Å². The molecule has 1 atom stereocenters. The van der Waals surface area contributed by atoms with E-state index < -0.39 is 0 Å². The molecule has 2 rings (SSSR count). The molecule has 2 aromatic rings. The SMILES string of the molecule is CCNC(c1ccc(Cl)c(Br)c1)c1cc(C)c(Cl)cc1C. The van der Waals surface area contributed by atoms with Crippen molar-refractivity contribution in [3.05, 3.63) is 67.1 Å². The van der Waals surface area contributed by atoms with Gasteiger partial charge in [0.05, 0.1) is 11.1 Å². The fraction of sp³-hybridized carbons (Fsp3) is 0.294. The van der Waals surface area contributed by atoms with Gasteiger partial charge < -0.3 is 5.32 Å². The fourth-order valence-corrected chi connectivity index (χ4v) is 3.15. The molecule has 4 heteroatoms. The minimum atomic E-state index is 0.125. The first kappa shape index (κ1) is 16.8. The van der Waals surface area contributed by atoms with Crippen molar-refractivity contribution < 1.29 is 0 Å². The lowest BCUT2D eigenvalue weighted by Crippen LogP contribution is -2.23. The third kappa shape index (κ3) is 3.81. The fourth-order valence-electron chi connectivity index (χ4n) is 2.42. The van der Waals surface area contributed by atoms with Gasteiger partial charge in [0.2, 0.25) is 0 Å². The molecule has 1 N–H and O–H groups in total. The minimum absolute atomic E-state index is 0.125. The van der Waals surface area contributed by atoms with Gasteiger partial charge in [-0.05, 0) is 76.8 Å². The maximum atomic E-state index is 6.21. The average molecular weight is 387 g/mol. The van der Waals surface area contributed by atoms with Crippen LogP contribution >= 0.6 is 39.1 Å². The number of rotatable bonds is 4. The quantitative estimate of drug-likeness (QED) is 0.672. The van der Waals surface area contributed by atoms with Crippen molar-refractivity contribution in [2.45, 2.75) is 26.8 Å². The number of halogens is 3. The summed E-state index contributed by atoms with van der Waals surface area (Å²) in [5.41, 5.74) is 4.70. The topological polar surface area (TPSA) is 12.0 Å². The summed E-state index contributed by atoms with van der Waals surface area (Å²) in [4.78, 5) is 0. The number of hydrogen-bond acceptors (Lipinski definition) is 1. The van der Waals surface area contributed by atoms with Gasteiger partial charge in [-0.3, -0.25) is 0 Å². The molecule has 0 amide bonds. The van der Waals surface area contributed by atoms with Gasteiger partial charge in [-0.25, -0.2) is 0 Å². The number of aryl methyl sites for hydroxylation is 2. The van der Waals surface area contributed by atoms with Crippen LogP contribution < -0.4 is 5.32 Å². The van der Waals surface area contributed by atoms with E-state index >= 15 is 0 Å². The van der Waals surface area contributed by atoms with E-state index in [1.807, 2.05) is 19.1 Å². The molecule has 2 aromatic carbocycles. The molecule has 0 aliphatic heterocycles. The van der Waals surface area contributed by atoms with E-state index in [1.165, 1.54) is 16.7 Å². The Morgan fingerprint density at radius 3 is 2.38 bits per heavy atom. The van der Waals surface area contributed by atoms with Crippen LogP contribution in [0.1, 0.15) is 35.2 Å². The van der Waals surface area contributed by atoms with Crippen LogP contribution in [0.3, 0.4) is 0 Å². The number of hydrogen-bond donors (Lipinski definition) is 1. The van der Waals surface area contributed by atoms with Crippen molar-refractivity contribution in [2.24, 2.45) is 0 Å². The van der Waals surface area contributed by atoms with Crippen LogP contribution in [0.25, 0.3) is 0 Å². The summed E-state index contributed by atoms with van der Waals surface area (Å²) in [5, 5.41) is 5.07. The molecular weight excluding hydrogens is 369 g/mol. The standard InChI is InChI=1S/C17H18BrCl2N/c1-4-21-17(12-5-6-15(19)14(18)9-12)13-7-11(3)16(20)8-10(13)2/h5-9,17,21H,4H2,1-3H3. The molecule has 0 saturated carbocycles. The third-order valence-corrected chi connectivity index (χ3v) is 5.16. The van der Waals surface area contributed by atoms with Crippen LogP contribution in [0, 0.1) is 13.8 Å². The Morgan fingerprint density at radius 1 is 1.05 bits per heavy atom. The molecular formula is C17H18BrCl2N. The molecule has 0 bridgehead atoms. The zero-order valence-corrected chi connectivity index (χ0v) is 15.4. The lowest BCUT2D eigenvalue weighted by molar-refractivity contribution is 0.627. The Balaban J connectivity index is 2.52. The number of benzene rings is 2. The largest absolute Gasteiger partial charge is 0.307 e. The lowest BCUT2D eigenvalue weighted by Gasteiger charge is -2.22. The molecule has 0 aliphatic rings. The predicted molar refractivity (Wildman–Crippen MR) is 95.6 cm³/mol. The van der Waals surface area contributed by atoms with Crippen LogP contribution in [-0.2, 0) is 0 Å². The highest BCUT2D eigenvalue weighted by Crippen LogP contribution is 2.32. The second-order valence-corrected chi connectivity index (χ2v) is 6.79. The minimum Gasteiger partial charge on any atom is -0.307 e. The molecule has 1 unspecified atom stereocenters. The van der Waals surface area contributed by atoms with Crippen molar-refractivity contribution in [1.29, 1.82) is 0 Å². The Hall–Kier alpha value is -0.540. The van der Waals surface area contributed by atoms with Crippen LogP contribution in [0.4, 0.5) is 0 Å². The molecule has 0 heterocycles. The summed E-state index contributed by atoms with van der Waals surface area (Å²) in [6, 6.07) is 10.4. The van der Waals surface area contributed by atoms with Crippen molar-refractivity contribution in [2.75, 3.05) is 6.54 Å². The van der Waals surface area contributed by atoms with E-state index in [1.54, 1.807) is 0 Å². The van der Waals surface area contributed by atoms with Gasteiger partial charge in [0, 0.05) is 9.50 Å². The molecule has 112 valence electrons. The van der Waals surface area contributed by atoms with E-state index in [4.69, 9.17) is 23.2 Å². The first-order valence-corrected chi connectivity index (χ1v) is 8.44. The molecule has 0 saturated heterocycles. The van der Waals surface area contributed by atoms with Gasteiger partial charge in [0.15, 0.2) is 0 Å². The summed E-state index contributed by atoms with van der Waals surface area (Å²) >= 11 is 15.8. The van der Waals surface area contributed by atoms with Crippen molar-refractivity contribution >= 4 is 39.1 Å². The van der Waals surface area contributed by atoms with Crippen molar-refractivity contribution in [3.8, 4) is 0 Å².